The SMILES string of the molecule is CC/C=C\C/C=C\C/C=C\C/C=C\CCOC(CC)C(=O)CCCOC(=O)Nc1ccc(O)c(C(=O)O)c1. The van der Waals surface area contributed by atoms with Crippen molar-refractivity contribution in [3.63, 3.8) is 0 Å². The number of carbonyl (C=O) groups excluding carboxylic acids is 2. The molecule has 0 fully saturated rings. The zero-order chi connectivity index (χ0) is 28.0. The first kappa shape index (κ1) is 32.4. The van der Waals surface area contributed by atoms with Crippen LogP contribution in [0.4, 0.5) is 10.5 Å². The highest BCUT2D eigenvalue weighted by Crippen LogP contribution is 2.21. The smallest absolute Gasteiger partial charge is 0.411 e. The maximum atomic E-state index is 12.4. The van der Waals surface area contributed by atoms with Crippen molar-refractivity contribution in [3.05, 3.63) is 72.4 Å². The Morgan fingerprint density at radius 3 is 2.16 bits per heavy atom. The first-order chi connectivity index (χ1) is 18.4. The molecule has 1 rings (SSSR count). The molecule has 3 N–H and O–H groups in total. The van der Waals surface area contributed by atoms with E-state index in [2.05, 4.69) is 54.8 Å². The molecule has 0 aromatic heterocycles. The van der Waals surface area contributed by atoms with Crippen molar-refractivity contribution in [3.8, 4) is 5.75 Å². The minimum atomic E-state index is -1.32. The number of benzene rings is 1. The Morgan fingerprint density at radius 1 is 0.921 bits per heavy atom. The van der Waals surface area contributed by atoms with Gasteiger partial charge in [-0.1, -0.05) is 62.5 Å². The van der Waals surface area contributed by atoms with Crippen LogP contribution in [0.2, 0.25) is 0 Å². The van der Waals surface area contributed by atoms with Crippen molar-refractivity contribution >= 4 is 23.5 Å². The summed E-state index contributed by atoms with van der Waals surface area (Å²) >= 11 is 0. The van der Waals surface area contributed by atoms with E-state index in [0.717, 1.165) is 38.2 Å². The summed E-state index contributed by atoms with van der Waals surface area (Å²) in [5, 5.41) is 20.9. The maximum Gasteiger partial charge on any atom is 0.411 e. The number of phenols is 1. The molecule has 0 saturated carbocycles. The van der Waals surface area contributed by atoms with Crippen molar-refractivity contribution in [1.82, 2.24) is 0 Å². The lowest BCUT2D eigenvalue weighted by atomic mass is 10.1. The second-order valence-electron chi connectivity index (χ2n) is 8.43. The van der Waals surface area contributed by atoms with E-state index in [1.165, 1.54) is 12.1 Å². The van der Waals surface area contributed by atoms with Gasteiger partial charge in [0.1, 0.15) is 17.4 Å². The normalized spacial score (nSPS) is 12.6. The number of nitrogens with one attached hydrogen (secondary N) is 1. The third-order valence-corrected chi connectivity index (χ3v) is 5.33. The molecule has 1 atom stereocenters. The van der Waals surface area contributed by atoms with Crippen molar-refractivity contribution in [2.75, 3.05) is 18.5 Å². The van der Waals surface area contributed by atoms with Crippen LogP contribution in [0.1, 0.15) is 75.6 Å². The van der Waals surface area contributed by atoms with E-state index < -0.39 is 23.9 Å². The highest BCUT2D eigenvalue weighted by atomic mass is 16.5. The fourth-order valence-corrected chi connectivity index (χ4v) is 3.33. The quantitative estimate of drug-likeness (QED) is 0.101. The number of rotatable bonds is 19. The molecule has 8 nitrogen and oxygen atoms in total. The molecule has 0 aliphatic heterocycles. The highest BCUT2D eigenvalue weighted by molar-refractivity contribution is 5.94. The largest absolute Gasteiger partial charge is 0.507 e. The number of carboxylic acids is 1. The molecule has 1 aromatic carbocycles. The molecule has 0 aliphatic rings. The van der Waals surface area contributed by atoms with E-state index in [9.17, 15) is 19.5 Å². The maximum absolute atomic E-state index is 12.4. The molecule has 8 heteroatoms. The average molecular weight is 528 g/mol. The minimum Gasteiger partial charge on any atom is -0.507 e. The zero-order valence-corrected chi connectivity index (χ0v) is 22.4. The van der Waals surface area contributed by atoms with Gasteiger partial charge in [-0.25, -0.2) is 9.59 Å². The summed E-state index contributed by atoms with van der Waals surface area (Å²) in [6, 6.07) is 3.66. The van der Waals surface area contributed by atoms with Gasteiger partial charge in [0.25, 0.3) is 0 Å². The topological polar surface area (TPSA) is 122 Å². The molecular formula is C30H41NO7. The van der Waals surface area contributed by atoms with Crippen LogP contribution >= 0.6 is 0 Å². The highest BCUT2D eigenvalue weighted by Gasteiger charge is 2.17. The van der Waals surface area contributed by atoms with Gasteiger partial charge in [0, 0.05) is 12.1 Å². The molecular weight excluding hydrogens is 486 g/mol. The van der Waals surface area contributed by atoms with Crippen LogP contribution in [0.5, 0.6) is 5.75 Å². The van der Waals surface area contributed by atoms with E-state index >= 15 is 0 Å². The molecule has 1 unspecified atom stereocenters. The second-order valence-corrected chi connectivity index (χ2v) is 8.43. The Labute approximate surface area is 225 Å². The monoisotopic (exact) mass is 527 g/mol. The number of anilines is 1. The molecule has 0 bridgehead atoms. The van der Waals surface area contributed by atoms with Gasteiger partial charge in [-0.3, -0.25) is 10.1 Å². The summed E-state index contributed by atoms with van der Waals surface area (Å²) in [7, 11) is 0. The summed E-state index contributed by atoms with van der Waals surface area (Å²) in [6.07, 6.45) is 21.5. The number of ether oxygens (including phenoxy) is 2. The third kappa shape index (κ3) is 14.8. The number of allylic oxidation sites excluding steroid dienone is 7. The molecule has 1 amide bonds. The standard InChI is InChI=1S/C30H41NO7/c1-3-5-6-7-8-9-10-11-12-13-14-15-16-21-37-28(4-2)27(33)18-17-22-38-30(36)31-24-19-20-26(32)25(23-24)29(34)35/h5-6,8-9,11-12,14-15,19-20,23,28,32H,3-4,7,10,13,16-18,21-22H2,1-2H3,(H,31,36)(H,34,35)/b6-5-,9-8-,12-11-,15-14-. The lowest BCUT2D eigenvalue weighted by Gasteiger charge is -2.14. The van der Waals surface area contributed by atoms with Gasteiger partial charge in [0.2, 0.25) is 0 Å². The van der Waals surface area contributed by atoms with Crippen LogP contribution in [-0.2, 0) is 14.3 Å². The van der Waals surface area contributed by atoms with Gasteiger partial charge < -0.3 is 19.7 Å². The summed E-state index contributed by atoms with van der Waals surface area (Å²) in [5.74, 6) is -1.75. The van der Waals surface area contributed by atoms with E-state index in [0.29, 0.717) is 19.4 Å². The number of aromatic hydroxyl groups is 1. The number of carbonyl (C=O) groups is 3. The van der Waals surface area contributed by atoms with Crippen LogP contribution in [0.3, 0.4) is 0 Å². The summed E-state index contributed by atoms with van der Waals surface area (Å²) in [5.41, 5.74) is -0.157. The Hall–Kier alpha value is -3.65. The zero-order valence-electron chi connectivity index (χ0n) is 22.4. The molecule has 1 aromatic rings. The Kier molecular flexibility index (Phi) is 17.4. The number of Topliss-reactive ketones (excluding diaryl/α,β-unsaturated/α-hetero) is 1. The van der Waals surface area contributed by atoms with Crippen LogP contribution < -0.4 is 5.32 Å². The number of aromatic carboxylic acids is 1. The van der Waals surface area contributed by atoms with E-state index in [1.54, 1.807) is 0 Å². The number of hydrogen-bond acceptors (Lipinski definition) is 6. The number of hydrogen-bond donors (Lipinski definition) is 3. The van der Waals surface area contributed by atoms with E-state index in [1.807, 2.05) is 13.0 Å². The molecule has 0 heterocycles. The van der Waals surface area contributed by atoms with Crippen LogP contribution in [-0.4, -0.2) is 47.4 Å². The van der Waals surface area contributed by atoms with Crippen molar-refractivity contribution in [2.24, 2.45) is 0 Å². The molecule has 0 spiro atoms. The third-order valence-electron chi connectivity index (χ3n) is 5.33. The predicted octanol–water partition coefficient (Wildman–Crippen LogP) is 6.98. The average Bonchev–Trinajstić information content (AvgIpc) is 2.89. The first-order valence-corrected chi connectivity index (χ1v) is 13.1. The lowest BCUT2D eigenvalue weighted by Crippen LogP contribution is -2.24. The fraction of sp³-hybridized carbons (Fsp3) is 0.433. The number of ketones is 1. The number of carboxylic acid groups (broad SMARTS) is 1. The Bertz CT molecular complexity index is 979. The Balaban J connectivity index is 2.19. The van der Waals surface area contributed by atoms with Crippen LogP contribution in [0.15, 0.2) is 66.8 Å². The second kappa shape index (κ2) is 20.4. The van der Waals surface area contributed by atoms with Crippen molar-refractivity contribution < 1.29 is 34.1 Å². The van der Waals surface area contributed by atoms with Gasteiger partial charge in [0.15, 0.2) is 5.78 Å². The predicted molar refractivity (Wildman–Crippen MR) is 150 cm³/mol. The molecule has 0 radical (unpaired) electrons. The summed E-state index contributed by atoms with van der Waals surface area (Å²) in [6.45, 7) is 4.51. The van der Waals surface area contributed by atoms with Crippen molar-refractivity contribution in [2.45, 2.75) is 71.3 Å². The molecule has 0 aliphatic carbocycles. The lowest BCUT2D eigenvalue weighted by molar-refractivity contribution is -0.131. The number of amides is 1. The van der Waals surface area contributed by atoms with Crippen LogP contribution in [0, 0.1) is 0 Å². The first-order valence-electron chi connectivity index (χ1n) is 13.1. The van der Waals surface area contributed by atoms with Gasteiger partial charge in [-0.15, -0.1) is 0 Å². The molecule has 0 saturated heterocycles. The molecule has 208 valence electrons. The minimum absolute atomic E-state index is 0.0276. The van der Waals surface area contributed by atoms with Gasteiger partial charge >= 0.3 is 12.1 Å². The summed E-state index contributed by atoms with van der Waals surface area (Å²) in [4.78, 5) is 35.4. The van der Waals surface area contributed by atoms with Crippen LogP contribution in [0.25, 0.3) is 0 Å². The fourth-order valence-electron chi connectivity index (χ4n) is 3.33. The Morgan fingerprint density at radius 2 is 1.55 bits per heavy atom. The van der Waals surface area contributed by atoms with Gasteiger partial charge in [-0.2, -0.15) is 0 Å². The molecule has 38 heavy (non-hydrogen) atoms. The van der Waals surface area contributed by atoms with Gasteiger partial charge in [-0.05, 0) is 63.1 Å². The van der Waals surface area contributed by atoms with E-state index in [4.69, 9.17) is 14.6 Å². The van der Waals surface area contributed by atoms with Gasteiger partial charge in [0.05, 0.1) is 13.2 Å². The van der Waals surface area contributed by atoms with E-state index in [-0.39, 0.29) is 30.1 Å². The summed E-state index contributed by atoms with van der Waals surface area (Å²) < 4.78 is 10.8. The van der Waals surface area contributed by atoms with Crippen molar-refractivity contribution in [1.29, 1.82) is 0 Å².